The van der Waals surface area contributed by atoms with Crippen LogP contribution < -0.4 is 10.6 Å². The first kappa shape index (κ1) is 13.5. The summed E-state index contributed by atoms with van der Waals surface area (Å²) in [6.45, 7) is 2.19. The zero-order chi connectivity index (χ0) is 13.7. The van der Waals surface area contributed by atoms with Gasteiger partial charge in [-0.05, 0) is 24.8 Å². The van der Waals surface area contributed by atoms with Gasteiger partial charge in [0, 0.05) is 26.4 Å². The van der Waals surface area contributed by atoms with Crippen molar-refractivity contribution < 1.29 is 9.94 Å². The summed E-state index contributed by atoms with van der Waals surface area (Å²) in [4.78, 5) is 10.2. The van der Waals surface area contributed by atoms with Gasteiger partial charge in [-0.2, -0.15) is 0 Å². The first-order valence-electron chi connectivity index (χ1n) is 6.30. The van der Waals surface area contributed by atoms with Gasteiger partial charge in [0.05, 0.1) is 6.61 Å². The van der Waals surface area contributed by atoms with Gasteiger partial charge in [-0.25, -0.2) is 9.97 Å². The molecule has 1 heterocycles. The smallest absolute Gasteiger partial charge is 0.225 e. The Morgan fingerprint density at radius 3 is 3.11 bits per heavy atom. The van der Waals surface area contributed by atoms with Crippen molar-refractivity contribution in [3.8, 4) is 0 Å². The van der Waals surface area contributed by atoms with E-state index in [0.29, 0.717) is 24.8 Å². The van der Waals surface area contributed by atoms with Crippen LogP contribution in [0.3, 0.4) is 0 Å². The lowest BCUT2D eigenvalue weighted by Gasteiger charge is -2.17. The van der Waals surface area contributed by atoms with E-state index < -0.39 is 0 Å². The first-order chi connectivity index (χ1) is 9.20. The van der Waals surface area contributed by atoms with E-state index in [1.165, 1.54) is 12.8 Å². The van der Waals surface area contributed by atoms with Gasteiger partial charge in [0.15, 0.2) is 5.84 Å². The maximum atomic E-state index is 8.62. The predicted octanol–water partition coefficient (Wildman–Crippen LogP) is 0.434. The van der Waals surface area contributed by atoms with Gasteiger partial charge in [-0.3, -0.25) is 0 Å². The van der Waals surface area contributed by atoms with Crippen LogP contribution in [0.4, 0.5) is 5.95 Å². The Hall–Kier alpha value is -1.89. The highest BCUT2D eigenvalue weighted by molar-refractivity contribution is 5.95. The highest BCUT2D eigenvalue weighted by atomic mass is 16.5. The Kier molecular flexibility index (Phi) is 4.51. The third-order valence-corrected chi connectivity index (χ3v) is 2.98. The number of oxime groups is 1. The Labute approximate surface area is 112 Å². The zero-order valence-corrected chi connectivity index (χ0v) is 11.0. The van der Waals surface area contributed by atoms with Crippen LogP contribution in [0.1, 0.15) is 18.5 Å². The molecule has 0 amide bonds. The van der Waals surface area contributed by atoms with Crippen LogP contribution in [0.5, 0.6) is 0 Å². The van der Waals surface area contributed by atoms with Gasteiger partial charge in [-0.15, -0.1) is 0 Å². The molecule has 0 bridgehead atoms. The fourth-order valence-corrected chi connectivity index (χ4v) is 1.56. The summed E-state index contributed by atoms with van der Waals surface area (Å²) in [5.74, 6) is 1.27. The maximum absolute atomic E-state index is 8.62. The van der Waals surface area contributed by atoms with E-state index in [2.05, 4.69) is 15.1 Å². The third-order valence-electron chi connectivity index (χ3n) is 2.98. The molecule has 104 valence electrons. The van der Waals surface area contributed by atoms with Gasteiger partial charge in [0.1, 0.15) is 5.69 Å². The summed E-state index contributed by atoms with van der Waals surface area (Å²) in [5, 5.41) is 11.5. The number of hydrogen-bond acceptors (Lipinski definition) is 6. The molecule has 0 unspecified atom stereocenters. The molecule has 2 rings (SSSR count). The number of nitrogens with two attached hydrogens (primary N) is 1. The molecule has 3 N–H and O–H groups in total. The Morgan fingerprint density at radius 2 is 2.42 bits per heavy atom. The molecular weight excluding hydrogens is 246 g/mol. The van der Waals surface area contributed by atoms with Gasteiger partial charge >= 0.3 is 0 Å². The lowest BCUT2D eigenvalue weighted by molar-refractivity contribution is 0.130. The molecule has 0 atom stereocenters. The molecule has 0 radical (unpaired) electrons. The van der Waals surface area contributed by atoms with Crippen LogP contribution in [-0.2, 0) is 4.74 Å². The number of anilines is 1. The van der Waals surface area contributed by atoms with Crippen molar-refractivity contribution in [1.82, 2.24) is 9.97 Å². The van der Waals surface area contributed by atoms with Crippen molar-refractivity contribution >= 4 is 11.8 Å². The van der Waals surface area contributed by atoms with E-state index in [1.807, 2.05) is 11.9 Å². The molecule has 1 aromatic rings. The van der Waals surface area contributed by atoms with Crippen LogP contribution in [-0.4, -0.2) is 47.8 Å². The van der Waals surface area contributed by atoms with Crippen LogP contribution in [0.2, 0.25) is 0 Å². The third kappa shape index (κ3) is 4.06. The van der Waals surface area contributed by atoms with E-state index in [0.717, 1.165) is 12.5 Å². The number of hydrogen-bond donors (Lipinski definition) is 2. The SMILES string of the molecule is CN(CCOCC1CC1)c1nccc(/C(N)=N/O)n1. The lowest BCUT2D eigenvalue weighted by Crippen LogP contribution is -2.26. The molecule has 0 spiro atoms. The Balaban J connectivity index is 1.84. The number of nitrogens with zero attached hydrogens (tertiary/aromatic N) is 4. The van der Waals surface area contributed by atoms with Crippen molar-refractivity contribution in [2.45, 2.75) is 12.8 Å². The van der Waals surface area contributed by atoms with Crippen molar-refractivity contribution in [3.05, 3.63) is 18.0 Å². The maximum Gasteiger partial charge on any atom is 0.225 e. The number of amidine groups is 1. The monoisotopic (exact) mass is 265 g/mol. The zero-order valence-electron chi connectivity index (χ0n) is 11.0. The average molecular weight is 265 g/mol. The molecule has 0 saturated heterocycles. The molecule has 1 aliphatic rings. The summed E-state index contributed by atoms with van der Waals surface area (Å²) >= 11 is 0. The molecule has 1 aromatic heterocycles. The summed E-state index contributed by atoms with van der Waals surface area (Å²) in [6.07, 6.45) is 4.17. The van der Waals surface area contributed by atoms with Crippen molar-refractivity contribution in [1.29, 1.82) is 0 Å². The fourth-order valence-electron chi connectivity index (χ4n) is 1.56. The van der Waals surface area contributed by atoms with Crippen molar-refractivity contribution in [2.24, 2.45) is 16.8 Å². The van der Waals surface area contributed by atoms with E-state index in [-0.39, 0.29) is 5.84 Å². The largest absolute Gasteiger partial charge is 0.409 e. The molecule has 1 aliphatic carbocycles. The van der Waals surface area contributed by atoms with Crippen LogP contribution in [0.25, 0.3) is 0 Å². The van der Waals surface area contributed by atoms with Crippen molar-refractivity contribution in [2.75, 3.05) is 31.7 Å². The molecule has 19 heavy (non-hydrogen) atoms. The molecular formula is C12H19N5O2. The van der Waals surface area contributed by atoms with Gasteiger partial charge in [-0.1, -0.05) is 5.16 Å². The van der Waals surface area contributed by atoms with Gasteiger partial charge < -0.3 is 20.6 Å². The summed E-state index contributed by atoms with van der Waals surface area (Å²) in [6, 6.07) is 1.59. The average Bonchev–Trinajstić information content (AvgIpc) is 3.26. The minimum Gasteiger partial charge on any atom is -0.409 e. The normalized spacial score (nSPS) is 15.5. The topological polar surface area (TPSA) is 96.9 Å². The molecule has 0 aliphatic heterocycles. The second-order valence-electron chi connectivity index (χ2n) is 4.67. The number of ether oxygens (including phenoxy) is 1. The molecule has 7 nitrogen and oxygen atoms in total. The molecule has 1 saturated carbocycles. The lowest BCUT2D eigenvalue weighted by atomic mass is 10.4. The molecule has 0 aromatic carbocycles. The van der Waals surface area contributed by atoms with E-state index in [9.17, 15) is 0 Å². The fraction of sp³-hybridized carbons (Fsp3) is 0.583. The van der Waals surface area contributed by atoms with E-state index in [4.69, 9.17) is 15.7 Å². The number of likely N-dealkylation sites (N-methyl/N-ethyl adjacent to an activating group) is 1. The van der Waals surface area contributed by atoms with Gasteiger partial charge in [0.25, 0.3) is 0 Å². The highest BCUT2D eigenvalue weighted by Crippen LogP contribution is 2.28. The first-order valence-corrected chi connectivity index (χ1v) is 6.30. The minimum atomic E-state index is -0.0259. The highest BCUT2D eigenvalue weighted by Gasteiger charge is 2.21. The standard InChI is InChI=1S/C12H19N5O2/c1-17(6-7-19-8-9-2-3-9)12-14-5-4-10(15-12)11(13)16-18/h4-5,9,18H,2-3,6-8H2,1H3,(H2,13,16). The Morgan fingerprint density at radius 1 is 1.63 bits per heavy atom. The number of aromatic nitrogens is 2. The van der Waals surface area contributed by atoms with Crippen LogP contribution in [0.15, 0.2) is 17.4 Å². The summed E-state index contributed by atoms with van der Waals surface area (Å²) in [7, 11) is 1.88. The predicted molar refractivity (Wildman–Crippen MR) is 71.4 cm³/mol. The quantitative estimate of drug-likeness (QED) is 0.244. The van der Waals surface area contributed by atoms with E-state index >= 15 is 0 Å². The van der Waals surface area contributed by atoms with E-state index in [1.54, 1.807) is 12.3 Å². The van der Waals surface area contributed by atoms with Crippen LogP contribution in [0, 0.1) is 5.92 Å². The minimum absolute atomic E-state index is 0.0259. The summed E-state index contributed by atoms with van der Waals surface area (Å²) < 4.78 is 5.56. The second kappa shape index (κ2) is 6.33. The number of rotatable bonds is 7. The second-order valence-corrected chi connectivity index (χ2v) is 4.67. The van der Waals surface area contributed by atoms with Crippen molar-refractivity contribution in [3.63, 3.8) is 0 Å². The van der Waals surface area contributed by atoms with Gasteiger partial charge in [0.2, 0.25) is 5.95 Å². The molecule has 7 heteroatoms. The van der Waals surface area contributed by atoms with Crippen LogP contribution >= 0.6 is 0 Å². The summed E-state index contributed by atoms with van der Waals surface area (Å²) in [5.41, 5.74) is 5.89. The Bertz CT molecular complexity index is 448. The molecule has 1 fully saturated rings.